The van der Waals surface area contributed by atoms with Crippen molar-refractivity contribution in [3.8, 4) is 11.1 Å². The molecule has 1 N–H and O–H groups in total. The summed E-state index contributed by atoms with van der Waals surface area (Å²) < 4.78 is 79.2. The molecule has 1 heterocycles. The normalized spacial score (nSPS) is 10.8. The lowest BCUT2D eigenvalue weighted by atomic mass is 10.0. The van der Waals surface area contributed by atoms with Gasteiger partial charge in [0.1, 0.15) is 0 Å². The zero-order valence-electron chi connectivity index (χ0n) is 9.73. The number of hydrogen-bond acceptors (Lipinski definition) is 2. The second-order valence-electron chi connectivity index (χ2n) is 3.78. The fourth-order valence-corrected chi connectivity index (χ4v) is 1.64. The van der Waals surface area contributed by atoms with Crippen LogP contribution < -0.4 is 0 Å². The summed E-state index contributed by atoms with van der Waals surface area (Å²) in [5, 5.41) is 8.79. The Morgan fingerprint density at radius 1 is 0.857 bits per heavy atom. The average molecular weight is 307 g/mol. The van der Waals surface area contributed by atoms with Crippen molar-refractivity contribution in [3.05, 3.63) is 52.9 Å². The lowest BCUT2D eigenvalue weighted by molar-refractivity contribution is 0.0690. The number of aromatic carboxylic acids is 1. The van der Waals surface area contributed by atoms with Gasteiger partial charge in [-0.05, 0) is 12.1 Å². The number of pyridine rings is 1. The van der Waals surface area contributed by atoms with Crippen LogP contribution in [0.1, 0.15) is 10.5 Å². The molecule has 0 unspecified atom stereocenters. The monoisotopic (exact) mass is 307 g/mol. The van der Waals surface area contributed by atoms with E-state index in [1.165, 1.54) is 0 Å². The predicted octanol–water partition coefficient (Wildman–Crippen LogP) is 3.28. The van der Waals surface area contributed by atoms with Crippen LogP contribution in [-0.4, -0.2) is 16.1 Å². The van der Waals surface area contributed by atoms with E-state index in [1.54, 1.807) is 0 Å². The quantitative estimate of drug-likeness (QED) is 0.401. The molecule has 0 saturated heterocycles. The van der Waals surface area contributed by atoms with Gasteiger partial charge in [-0.15, -0.1) is 0 Å². The Morgan fingerprint density at radius 3 is 1.81 bits per heavy atom. The Balaban J connectivity index is 2.89. The van der Waals surface area contributed by atoms with Crippen LogP contribution in [0.4, 0.5) is 26.3 Å². The maximum Gasteiger partial charge on any atom is 0.355 e. The van der Waals surface area contributed by atoms with Crippen molar-refractivity contribution in [3.63, 3.8) is 0 Å². The molecule has 0 aliphatic heterocycles. The van der Waals surface area contributed by atoms with Crippen molar-refractivity contribution in [1.29, 1.82) is 0 Å². The minimum atomic E-state index is -2.39. The van der Waals surface area contributed by atoms with Crippen molar-refractivity contribution in [2.24, 2.45) is 0 Å². The maximum atomic E-state index is 13.6. The highest BCUT2D eigenvalue weighted by molar-refractivity contribution is 5.94. The van der Waals surface area contributed by atoms with E-state index in [4.69, 9.17) is 5.11 Å². The molecule has 110 valence electrons. The standard InChI is InChI=1S/C12H3F6NO2/c13-4-2-1-3(11(19-4)12(20)21)5-6(14)8(16)10(18)9(17)7(5)15/h1-2H,(H,20,21). The summed E-state index contributed by atoms with van der Waals surface area (Å²) in [6.45, 7) is 0. The minimum Gasteiger partial charge on any atom is -0.476 e. The molecule has 0 spiro atoms. The first-order chi connectivity index (χ1) is 9.75. The van der Waals surface area contributed by atoms with E-state index in [1.807, 2.05) is 0 Å². The molecule has 0 fully saturated rings. The van der Waals surface area contributed by atoms with Crippen LogP contribution in [0.2, 0.25) is 0 Å². The first-order valence-electron chi connectivity index (χ1n) is 5.17. The summed E-state index contributed by atoms with van der Waals surface area (Å²) in [5.41, 5.74) is -3.61. The predicted molar refractivity (Wildman–Crippen MR) is 56.4 cm³/mol. The third-order valence-electron chi connectivity index (χ3n) is 2.54. The lowest BCUT2D eigenvalue weighted by Gasteiger charge is -2.10. The number of carboxylic acids is 1. The second kappa shape index (κ2) is 5.08. The largest absolute Gasteiger partial charge is 0.476 e. The molecule has 0 amide bonds. The van der Waals surface area contributed by atoms with Crippen molar-refractivity contribution < 1.29 is 36.2 Å². The molecule has 1 aromatic heterocycles. The molecular weight excluding hydrogens is 304 g/mol. The Kier molecular flexibility index (Phi) is 3.58. The Bertz CT molecular complexity index is 733. The first kappa shape index (κ1) is 14.8. The highest BCUT2D eigenvalue weighted by atomic mass is 19.2. The van der Waals surface area contributed by atoms with Crippen LogP contribution in [0, 0.1) is 35.0 Å². The summed E-state index contributed by atoms with van der Waals surface area (Å²) in [5.74, 6) is -14.5. The van der Waals surface area contributed by atoms with E-state index in [0.29, 0.717) is 12.1 Å². The highest BCUT2D eigenvalue weighted by Gasteiger charge is 2.29. The van der Waals surface area contributed by atoms with E-state index in [-0.39, 0.29) is 0 Å². The number of halogens is 6. The molecule has 9 heteroatoms. The molecule has 1 aromatic carbocycles. The molecule has 2 aromatic rings. The lowest BCUT2D eigenvalue weighted by Crippen LogP contribution is -2.09. The van der Waals surface area contributed by atoms with Gasteiger partial charge in [-0.25, -0.2) is 31.7 Å². The summed E-state index contributed by atoms with van der Waals surface area (Å²) in [6, 6.07) is 1.09. The third-order valence-corrected chi connectivity index (χ3v) is 2.54. The third kappa shape index (κ3) is 2.30. The molecule has 0 bridgehead atoms. The minimum absolute atomic E-state index is 0.528. The number of carboxylic acid groups (broad SMARTS) is 1. The van der Waals surface area contributed by atoms with Gasteiger partial charge in [0.2, 0.25) is 11.8 Å². The summed E-state index contributed by atoms with van der Waals surface area (Å²) in [4.78, 5) is 13.7. The van der Waals surface area contributed by atoms with Gasteiger partial charge in [-0.1, -0.05) is 0 Å². The van der Waals surface area contributed by atoms with Gasteiger partial charge in [0.15, 0.2) is 29.0 Å². The number of nitrogens with zero attached hydrogens (tertiary/aromatic N) is 1. The Hall–Kier alpha value is -2.58. The Morgan fingerprint density at radius 2 is 1.33 bits per heavy atom. The van der Waals surface area contributed by atoms with Crippen LogP contribution in [0.15, 0.2) is 12.1 Å². The van der Waals surface area contributed by atoms with E-state index in [9.17, 15) is 31.1 Å². The van der Waals surface area contributed by atoms with Crippen LogP contribution in [0.25, 0.3) is 11.1 Å². The van der Waals surface area contributed by atoms with E-state index >= 15 is 0 Å². The fourth-order valence-electron chi connectivity index (χ4n) is 1.64. The van der Waals surface area contributed by atoms with Gasteiger partial charge in [0, 0.05) is 5.56 Å². The molecule has 21 heavy (non-hydrogen) atoms. The van der Waals surface area contributed by atoms with Crippen molar-refractivity contribution >= 4 is 5.97 Å². The maximum absolute atomic E-state index is 13.6. The van der Waals surface area contributed by atoms with Crippen LogP contribution in [0.5, 0.6) is 0 Å². The molecule has 3 nitrogen and oxygen atoms in total. The van der Waals surface area contributed by atoms with Gasteiger partial charge >= 0.3 is 5.97 Å². The Labute approximate surface area is 112 Å². The highest BCUT2D eigenvalue weighted by Crippen LogP contribution is 2.33. The average Bonchev–Trinajstić information content (AvgIpc) is 2.44. The number of hydrogen-bond donors (Lipinski definition) is 1. The number of aromatic nitrogens is 1. The smallest absolute Gasteiger partial charge is 0.355 e. The van der Waals surface area contributed by atoms with Crippen molar-refractivity contribution in [2.75, 3.05) is 0 Å². The first-order valence-corrected chi connectivity index (χ1v) is 5.17. The fraction of sp³-hybridized carbons (Fsp3) is 0. The summed E-state index contributed by atoms with van der Waals surface area (Å²) in [7, 11) is 0. The van der Waals surface area contributed by atoms with Crippen LogP contribution in [0.3, 0.4) is 0 Å². The van der Waals surface area contributed by atoms with Crippen molar-refractivity contribution in [2.45, 2.75) is 0 Å². The summed E-state index contributed by atoms with van der Waals surface area (Å²) in [6.07, 6.45) is 0. The van der Waals surface area contributed by atoms with Gasteiger partial charge < -0.3 is 5.11 Å². The van der Waals surface area contributed by atoms with E-state index < -0.39 is 57.8 Å². The SMILES string of the molecule is O=C(O)c1nc(F)ccc1-c1c(F)c(F)c(F)c(F)c1F. The molecule has 0 aliphatic rings. The zero-order valence-corrected chi connectivity index (χ0v) is 9.73. The number of carbonyl (C=O) groups is 1. The molecule has 2 rings (SSSR count). The molecule has 0 aliphatic carbocycles. The van der Waals surface area contributed by atoms with Crippen LogP contribution in [-0.2, 0) is 0 Å². The summed E-state index contributed by atoms with van der Waals surface area (Å²) >= 11 is 0. The van der Waals surface area contributed by atoms with Gasteiger partial charge in [-0.2, -0.15) is 4.39 Å². The van der Waals surface area contributed by atoms with Crippen molar-refractivity contribution in [1.82, 2.24) is 4.98 Å². The molecule has 0 saturated carbocycles. The topological polar surface area (TPSA) is 50.2 Å². The van der Waals surface area contributed by atoms with Gasteiger partial charge in [0.05, 0.1) is 5.56 Å². The number of rotatable bonds is 2. The molecule has 0 atom stereocenters. The molecule has 0 radical (unpaired) electrons. The number of benzene rings is 1. The molecular formula is C12H3F6NO2. The van der Waals surface area contributed by atoms with Gasteiger partial charge in [0.25, 0.3) is 0 Å². The zero-order chi connectivity index (χ0) is 15.9. The second-order valence-corrected chi connectivity index (χ2v) is 3.78. The van der Waals surface area contributed by atoms with Gasteiger partial charge in [-0.3, -0.25) is 0 Å². The van der Waals surface area contributed by atoms with E-state index in [2.05, 4.69) is 4.98 Å². The van der Waals surface area contributed by atoms with Crippen LogP contribution >= 0.6 is 0 Å². The van der Waals surface area contributed by atoms with E-state index in [0.717, 1.165) is 0 Å².